The first-order valence-electron chi connectivity index (χ1n) is 11.8. The molecule has 0 aliphatic carbocycles. The third-order valence-corrected chi connectivity index (χ3v) is 7.73. The van der Waals surface area contributed by atoms with E-state index in [-0.39, 0.29) is 11.5 Å². The van der Waals surface area contributed by atoms with Gasteiger partial charge in [0.05, 0.1) is 23.6 Å². The predicted octanol–water partition coefficient (Wildman–Crippen LogP) is 3.18. The van der Waals surface area contributed by atoms with Crippen LogP contribution in [0.3, 0.4) is 0 Å². The number of thiocarbonyl (C=S) groups is 1. The second-order valence-electron chi connectivity index (χ2n) is 8.72. The molecule has 10 heteroatoms. The van der Waals surface area contributed by atoms with Crippen LogP contribution in [0, 0.1) is 6.92 Å². The van der Waals surface area contributed by atoms with Gasteiger partial charge in [-0.1, -0.05) is 48.2 Å². The van der Waals surface area contributed by atoms with E-state index in [1.807, 2.05) is 37.3 Å². The molecule has 2 aromatic heterocycles. The van der Waals surface area contributed by atoms with E-state index in [1.54, 1.807) is 23.8 Å². The Bertz CT molecular complexity index is 1400. The Labute approximate surface area is 219 Å². The monoisotopic (exact) mass is 521 g/mol. The van der Waals surface area contributed by atoms with Crippen LogP contribution >= 0.6 is 24.0 Å². The van der Waals surface area contributed by atoms with Gasteiger partial charge in [0.25, 0.3) is 11.5 Å². The van der Waals surface area contributed by atoms with Crippen LogP contribution in [0.15, 0.2) is 58.4 Å². The molecule has 1 aromatic carbocycles. The van der Waals surface area contributed by atoms with Crippen molar-refractivity contribution in [2.45, 2.75) is 6.92 Å². The number of aryl methyl sites for hydroxylation is 1. The molecule has 8 nitrogen and oxygen atoms in total. The van der Waals surface area contributed by atoms with E-state index in [0.29, 0.717) is 52.5 Å². The van der Waals surface area contributed by atoms with Crippen LogP contribution in [0.1, 0.15) is 11.1 Å². The average Bonchev–Trinajstić information content (AvgIpc) is 3.17. The maximum atomic E-state index is 13.7. The molecule has 2 aliphatic rings. The molecule has 36 heavy (non-hydrogen) atoms. The molecule has 0 atom stereocenters. The van der Waals surface area contributed by atoms with Crippen molar-refractivity contribution in [3.63, 3.8) is 0 Å². The van der Waals surface area contributed by atoms with Crippen molar-refractivity contribution in [1.29, 1.82) is 0 Å². The van der Waals surface area contributed by atoms with Crippen LogP contribution in [-0.2, 0) is 9.53 Å². The topological polar surface area (TPSA) is 70.4 Å². The van der Waals surface area contributed by atoms with Gasteiger partial charge >= 0.3 is 0 Å². The van der Waals surface area contributed by atoms with E-state index in [0.717, 1.165) is 18.7 Å². The van der Waals surface area contributed by atoms with Crippen molar-refractivity contribution in [1.82, 2.24) is 14.3 Å². The highest BCUT2D eigenvalue weighted by molar-refractivity contribution is 8.26. The number of para-hydroxylation sites is 1. The number of anilines is 2. The Morgan fingerprint density at radius 1 is 1.06 bits per heavy atom. The van der Waals surface area contributed by atoms with Crippen molar-refractivity contribution in [3.05, 3.63) is 75.0 Å². The third-order valence-electron chi connectivity index (χ3n) is 6.35. The lowest BCUT2D eigenvalue weighted by Gasteiger charge is -2.37. The molecule has 0 N–H and O–H groups in total. The molecule has 4 heterocycles. The Balaban J connectivity index is 1.52. The molecule has 3 aromatic rings. The lowest BCUT2D eigenvalue weighted by atomic mass is 10.2. The fraction of sp³-hybridized carbons (Fsp3) is 0.308. The molecule has 1 amide bonds. The maximum absolute atomic E-state index is 13.7. The van der Waals surface area contributed by atoms with Gasteiger partial charge in [-0.25, -0.2) is 4.98 Å². The fourth-order valence-corrected chi connectivity index (χ4v) is 5.73. The molecule has 2 aliphatic heterocycles. The first-order valence-corrected chi connectivity index (χ1v) is 13.0. The van der Waals surface area contributed by atoms with E-state index < -0.39 is 0 Å². The van der Waals surface area contributed by atoms with Gasteiger partial charge in [0.2, 0.25) is 0 Å². The highest BCUT2D eigenvalue weighted by Gasteiger charge is 2.33. The molecule has 0 unspecified atom stereocenters. The Morgan fingerprint density at radius 2 is 1.78 bits per heavy atom. The lowest BCUT2D eigenvalue weighted by Crippen LogP contribution is -2.47. The van der Waals surface area contributed by atoms with E-state index in [4.69, 9.17) is 21.9 Å². The zero-order valence-corrected chi connectivity index (χ0v) is 21.8. The van der Waals surface area contributed by atoms with E-state index >= 15 is 0 Å². The zero-order chi connectivity index (χ0) is 25.2. The second kappa shape index (κ2) is 10.4. The van der Waals surface area contributed by atoms with Gasteiger partial charge in [0.15, 0.2) is 0 Å². The van der Waals surface area contributed by atoms with Crippen molar-refractivity contribution in [3.8, 4) is 0 Å². The summed E-state index contributed by atoms with van der Waals surface area (Å²) in [6.45, 7) is 5.72. The minimum absolute atomic E-state index is 0.202. The number of thioether (sulfide) groups is 1. The predicted molar refractivity (Wildman–Crippen MR) is 149 cm³/mol. The lowest BCUT2D eigenvalue weighted by molar-refractivity contribution is -0.122. The summed E-state index contributed by atoms with van der Waals surface area (Å²) in [6, 6.07) is 14.1. The molecule has 2 fully saturated rings. The maximum Gasteiger partial charge on any atom is 0.267 e. The number of pyridine rings is 1. The smallest absolute Gasteiger partial charge is 0.267 e. The normalized spacial score (nSPS) is 17.6. The van der Waals surface area contributed by atoms with Gasteiger partial charge in [-0.05, 0) is 36.8 Å². The first kappa shape index (κ1) is 24.5. The van der Waals surface area contributed by atoms with E-state index in [1.165, 1.54) is 22.3 Å². The van der Waals surface area contributed by atoms with Crippen molar-refractivity contribution >= 4 is 57.4 Å². The standard InChI is InChI=1S/C26H27N5O3S2/c1-18-8-9-22-27-23(29-12-10-28(11-13-29)19-6-4-3-5-7-19)20(24(32)31(22)17-18)16-21-25(33)30(14-15-34-2)26(35)36-21/h3-9,16-17H,10-15H2,1-2H3. The number of ether oxygens (including phenoxy) is 1. The van der Waals surface area contributed by atoms with Crippen LogP contribution in [0.25, 0.3) is 11.7 Å². The summed E-state index contributed by atoms with van der Waals surface area (Å²) in [7, 11) is 1.58. The third kappa shape index (κ3) is 4.76. The number of amides is 1. The quantitative estimate of drug-likeness (QED) is 0.362. The van der Waals surface area contributed by atoms with Gasteiger partial charge in [-0.2, -0.15) is 0 Å². The van der Waals surface area contributed by atoms with Crippen LogP contribution in [0.5, 0.6) is 0 Å². The molecule has 2 saturated heterocycles. The minimum Gasteiger partial charge on any atom is -0.383 e. The molecular formula is C26H27N5O3S2. The fourth-order valence-electron chi connectivity index (χ4n) is 4.44. The van der Waals surface area contributed by atoms with Crippen molar-refractivity contribution in [2.75, 3.05) is 56.2 Å². The summed E-state index contributed by atoms with van der Waals surface area (Å²) < 4.78 is 7.13. The number of hydrogen-bond donors (Lipinski definition) is 0. The summed E-state index contributed by atoms with van der Waals surface area (Å²) >= 11 is 6.63. The van der Waals surface area contributed by atoms with Gasteiger partial charge in [0, 0.05) is 45.2 Å². The number of benzene rings is 1. The van der Waals surface area contributed by atoms with Gasteiger partial charge in [0.1, 0.15) is 15.8 Å². The number of hydrogen-bond acceptors (Lipinski definition) is 8. The number of carbonyl (C=O) groups is 1. The highest BCUT2D eigenvalue weighted by Crippen LogP contribution is 2.33. The Morgan fingerprint density at radius 3 is 2.50 bits per heavy atom. The van der Waals surface area contributed by atoms with E-state index in [9.17, 15) is 9.59 Å². The summed E-state index contributed by atoms with van der Waals surface area (Å²) in [5.74, 6) is 0.384. The van der Waals surface area contributed by atoms with Crippen molar-refractivity contribution in [2.24, 2.45) is 0 Å². The van der Waals surface area contributed by atoms with Crippen LogP contribution in [0.2, 0.25) is 0 Å². The Hall–Kier alpha value is -3.21. The number of carbonyl (C=O) groups excluding carboxylic acids is 1. The Kier molecular flexibility index (Phi) is 7.08. The van der Waals surface area contributed by atoms with Gasteiger partial charge in [-0.3, -0.25) is 18.9 Å². The number of aromatic nitrogens is 2. The number of nitrogens with zero attached hydrogens (tertiary/aromatic N) is 5. The molecule has 0 spiro atoms. The second-order valence-corrected chi connectivity index (χ2v) is 10.4. The van der Waals surface area contributed by atoms with Gasteiger partial charge < -0.3 is 14.5 Å². The number of methoxy groups -OCH3 is 1. The number of rotatable bonds is 6. The SMILES string of the molecule is COCCN1C(=O)C(=Cc2c(N3CCN(c4ccccc4)CC3)nc3ccc(C)cn3c2=O)SC1=S. The average molecular weight is 522 g/mol. The molecule has 5 rings (SSSR count). The summed E-state index contributed by atoms with van der Waals surface area (Å²) in [6.07, 6.45) is 3.44. The summed E-state index contributed by atoms with van der Waals surface area (Å²) in [5.41, 5.74) is 2.91. The minimum atomic E-state index is -0.212. The van der Waals surface area contributed by atoms with Gasteiger partial charge in [-0.15, -0.1) is 0 Å². The van der Waals surface area contributed by atoms with Crippen LogP contribution < -0.4 is 15.4 Å². The molecule has 0 radical (unpaired) electrons. The first-order chi connectivity index (χ1) is 17.5. The molecule has 0 bridgehead atoms. The highest BCUT2D eigenvalue weighted by atomic mass is 32.2. The number of piperazine rings is 1. The molecule has 0 saturated carbocycles. The molecule has 186 valence electrons. The molecular weight excluding hydrogens is 494 g/mol. The van der Waals surface area contributed by atoms with Crippen LogP contribution in [-0.4, -0.2) is 71.0 Å². The van der Waals surface area contributed by atoms with Crippen LogP contribution in [0.4, 0.5) is 11.5 Å². The van der Waals surface area contributed by atoms with Crippen molar-refractivity contribution < 1.29 is 9.53 Å². The number of fused-ring (bicyclic) bond motifs is 1. The largest absolute Gasteiger partial charge is 0.383 e. The van der Waals surface area contributed by atoms with E-state index in [2.05, 4.69) is 21.9 Å². The zero-order valence-electron chi connectivity index (χ0n) is 20.2. The summed E-state index contributed by atoms with van der Waals surface area (Å²) in [4.78, 5) is 38.1. The summed E-state index contributed by atoms with van der Waals surface area (Å²) in [5, 5.41) is 0.